The van der Waals surface area contributed by atoms with E-state index in [-0.39, 0.29) is 12.1 Å². The molecule has 4 aliphatic carbocycles. The molecular formula is C22H30N2O2. The van der Waals surface area contributed by atoms with Gasteiger partial charge < -0.3 is 15.4 Å². The molecule has 2 N–H and O–H groups in total. The molecule has 0 heterocycles. The van der Waals surface area contributed by atoms with Crippen LogP contribution < -0.4 is 15.4 Å². The third-order valence-electron chi connectivity index (χ3n) is 6.94. The predicted octanol–water partition coefficient (Wildman–Crippen LogP) is 4.57. The topological polar surface area (TPSA) is 50.4 Å². The van der Waals surface area contributed by atoms with Crippen LogP contribution in [0.15, 0.2) is 30.5 Å². The fourth-order valence-electron chi connectivity index (χ4n) is 6.06. The normalized spacial score (nSPS) is 33.2. The van der Waals surface area contributed by atoms with Gasteiger partial charge in [-0.25, -0.2) is 4.79 Å². The summed E-state index contributed by atoms with van der Waals surface area (Å²) in [6.45, 7) is 2.21. The summed E-state index contributed by atoms with van der Waals surface area (Å²) in [7, 11) is 1.65. The van der Waals surface area contributed by atoms with Crippen molar-refractivity contribution in [2.75, 3.05) is 7.11 Å². The molecule has 5 rings (SSSR count). The zero-order valence-electron chi connectivity index (χ0n) is 15.8. The van der Waals surface area contributed by atoms with Crippen LogP contribution >= 0.6 is 0 Å². The molecule has 1 atom stereocenters. The van der Waals surface area contributed by atoms with Crippen molar-refractivity contribution in [2.45, 2.75) is 51.5 Å². The van der Waals surface area contributed by atoms with Crippen molar-refractivity contribution in [3.63, 3.8) is 0 Å². The largest absolute Gasteiger partial charge is 0.497 e. The van der Waals surface area contributed by atoms with Crippen LogP contribution in [0.5, 0.6) is 5.75 Å². The number of carbonyl (C=O) groups excluding carboxylic acids is 1. The van der Waals surface area contributed by atoms with Crippen molar-refractivity contribution in [2.24, 2.45) is 23.2 Å². The molecule has 0 aliphatic heterocycles. The van der Waals surface area contributed by atoms with Crippen molar-refractivity contribution in [3.05, 3.63) is 36.0 Å². The first-order valence-corrected chi connectivity index (χ1v) is 9.94. The van der Waals surface area contributed by atoms with Gasteiger partial charge in [0, 0.05) is 12.2 Å². The van der Waals surface area contributed by atoms with E-state index in [1.807, 2.05) is 30.3 Å². The monoisotopic (exact) mass is 354 g/mol. The molecule has 4 fully saturated rings. The van der Waals surface area contributed by atoms with Crippen LogP contribution in [0.25, 0.3) is 6.08 Å². The molecule has 1 unspecified atom stereocenters. The minimum Gasteiger partial charge on any atom is -0.497 e. The lowest BCUT2D eigenvalue weighted by atomic mass is 9.48. The lowest BCUT2D eigenvalue weighted by molar-refractivity contribution is -0.0681. The van der Waals surface area contributed by atoms with Gasteiger partial charge in [0.25, 0.3) is 0 Å². The van der Waals surface area contributed by atoms with Crippen LogP contribution in [0.1, 0.15) is 51.0 Å². The van der Waals surface area contributed by atoms with Gasteiger partial charge in [-0.05, 0) is 92.4 Å². The lowest BCUT2D eigenvalue weighted by Gasteiger charge is -2.59. The molecule has 0 radical (unpaired) electrons. The van der Waals surface area contributed by atoms with E-state index in [4.69, 9.17) is 4.74 Å². The summed E-state index contributed by atoms with van der Waals surface area (Å²) in [6.07, 6.45) is 11.8. The highest BCUT2D eigenvalue weighted by Gasteiger charge is 2.53. The molecule has 1 aromatic rings. The summed E-state index contributed by atoms with van der Waals surface area (Å²) < 4.78 is 5.22. The summed E-state index contributed by atoms with van der Waals surface area (Å²) in [4.78, 5) is 12.4. The Morgan fingerprint density at radius 3 is 2.46 bits per heavy atom. The predicted molar refractivity (Wildman–Crippen MR) is 104 cm³/mol. The van der Waals surface area contributed by atoms with Crippen LogP contribution in [0, 0.1) is 23.2 Å². The molecule has 0 spiro atoms. The fraction of sp³-hybridized carbons (Fsp3) is 0.591. The molecule has 2 amide bonds. The number of urea groups is 1. The lowest BCUT2D eigenvalue weighted by Crippen LogP contribution is -2.56. The Hall–Kier alpha value is -1.97. The number of carbonyl (C=O) groups is 1. The van der Waals surface area contributed by atoms with Crippen molar-refractivity contribution >= 4 is 12.1 Å². The molecule has 4 heteroatoms. The van der Waals surface area contributed by atoms with E-state index in [1.54, 1.807) is 13.3 Å². The van der Waals surface area contributed by atoms with Crippen LogP contribution in [0.3, 0.4) is 0 Å². The van der Waals surface area contributed by atoms with E-state index in [2.05, 4.69) is 17.6 Å². The zero-order chi connectivity index (χ0) is 18.1. The summed E-state index contributed by atoms with van der Waals surface area (Å²) in [6, 6.07) is 7.90. The standard InChI is InChI=1S/C22H30N2O2/c1-15(22-12-17-8-18(13-22)10-19(9-17)14-22)24-21(25)23-7-6-16-4-3-5-20(11-16)26-2/h3-7,11,15,17-19H,8-10,12-14H2,1-2H3,(H2,23,24,25)/b7-6+. The molecular weight excluding hydrogens is 324 g/mol. The Morgan fingerprint density at radius 1 is 1.19 bits per heavy atom. The fourth-order valence-corrected chi connectivity index (χ4v) is 6.06. The van der Waals surface area contributed by atoms with E-state index < -0.39 is 0 Å². The molecule has 1 aromatic carbocycles. The third-order valence-corrected chi connectivity index (χ3v) is 6.94. The van der Waals surface area contributed by atoms with Gasteiger partial charge in [-0.15, -0.1) is 0 Å². The number of rotatable bonds is 5. The molecule has 26 heavy (non-hydrogen) atoms. The van der Waals surface area contributed by atoms with Crippen LogP contribution in [0.2, 0.25) is 0 Å². The minimum absolute atomic E-state index is 0.104. The maximum Gasteiger partial charge on any atom is 0.318 e. The summed E-state index contributed by atoms with van der Waals surface area (Å²) >= 11 is 0. The van der Waals surface area contributed by atoms with Crippen molar-refractivity contribution in [1.82, 2.24) is 10.6 Å². The molecule has 140 valence electrons. The summed E-state index contributed by atoms with van der Waals surface area (Å²) in [5.74, 6) is 3.52. The summed E-state index contributed by atoms with van der Waals surface area (Å²) in [5, 5.41) is 6.08. The second-order valence-corrected chi connectivity index (χ2v) is 8.73. The number of hydrogen-bond donors (Lipinski definition) is 2. The Labute approximate surface area is 156 Å². The van der Waals surface area contributed by atoms with Gasteiger partial charge in [0.1, 0.15) is 5.75 Å². The zero-order valence-corrected chi connectivity index (χ0v) is 15.8. The Morgan fingerprint density at radius 2 is 1.85 bits per heavy atom. The smallest absolute Gasteiger partial charge is 0.318 e. The molecule has 4 aliphatic rings. The molecule has 0 saturated heterocycles. The molecule has 4 bridgehead atoms. The second-order valence-electron chi connectivity index (χ2n) is 8.73. The Kier molecular flexibility index (Phi) is 4.68. The number of ether oxygens (including phenoxy) is 1. The van der Waals surface area contributed by atoms with E-state index >= 15 is 0 Å². The number of amides is 2. The number of nitrogens with one attached hydrogen (secondary N) is 2. The highest BCUT2D eigenvalue weighted by atomic mass is 16.5. The first kappa shape index (κ1) is 17.4. The number of methoxy groups -OCH3 is 1. The van der Waals surface area contributed by atoms with Crippen LogP contribution in [-0.2, 0) is 0 Å². The maximum atomic E-state index is 12.4. The van der Waals surface area contributed by atoms with E-state index in [1.165, 1.54) is 38.5 Å². The van der Waals surface area contributed by atoms with Gasteiger partial charge >= 0.3 is 6.03 Å². The first-order chi connectivity index (χ1) is 12.6. The van der Waals surface area contributed by atoms with Gasteiger partial charge in [0.2, 0.25) is 0 Å². The van der Waals surface area contributed by atoms with Gasteiger partial charge in [-0.2, -0.15) is 0 Å². The van der Waals surface area contributed by atoms with Gasteiger partial charge in [-0.3, -0.25) is 0 Å². The summed E-state index contributed by atoms with van der Waals surface area (Å²) in [5.41, 5.74) is 1.33. The number of hydrogen-bond acceptors (Lipinski definition) is 2. The Bertz CT molecular complexity index is 662. The van der Waals surface area contributed by atoms with Crippen molar-refractivity contribution in [1.29, 1.82) is 0 Å². The average molecular weight is 354 g/mol. The van der Waals surface area contributed by atoms with Gasteiger partial charge in [0.05, 0.1) is 7.11 Å². The van der Waals surface area contributed by atoms with Crippen LogP contribution in [-0.4, -0.2) is 19.2 Å². The Balaban J connectivity index is 1.32. The van der Waals surface area contributed by atoms with E-state index in [0.717, 1.165) is 29.1 Å². The van der Waals surface area contributed by atoms with E-state index in [9.17, 15) is 4.79 Å². The van der Waals surface area contributed by atoms with Gasteiger partial charge in [-0.1, -0.05) is 12.1 Å². The molecule has 4 nitrogen and oxygen atoms in total. The quantitative estimate of drug-likeness (QED) is 0.814. The first-order valence-electron chi connectivity index (χ1n) is 9.94. The highest BCUT2D eigenvalue weighted by Crippen LogP contribution is 2.61. The maximum absolute atomic E-state index is 12.4. The molecule has 0 aromatic heterocycles. The second kappa shape index (κ2) is 6.98. The highest BCUT2D eigenvalue weighted by molar-refractivity contribution is 5.76. The molecule has 4 saturated carbocycles. The average Bonchev–Trinajstić information content (AvgIpc) is 2.60. The minimum atomic E-state index is -0.104. The van der Waals surface area contributed by atoms with Gasteiger partial charge in [0.15, 0.2) is 0 Å². The van der Waals surface area contributed by atoms with E-state index in [0.29, 0.717) is 5.41 Å². The number of benzene rings is 1. The van der Waals surface area contributed by atoms with Crippen molar-refractivity contribution < 1.29 is 9.53 Å². The third kappa shape index (κ3) is 3.46. The van der Waals surface area contributed by atoms with Crippen LogP contribution in [0.4, 0.5) is 4.79 Å². The van der Waals surface area contributed by atoms with Crippen molar-refractivity contribution in [3.8, 4) is 5.75 Å². The SMILES string of the molecule is COc1cccc(/C=C/NC(=O)NC(C)C23CC4CC(CC(C4)C2)C3)c1.